The molecule has 2 aromatic rings. The van der Waals surface area contributed by atoms with Crippen molar-refractivity contribution in [2.75, 3.05) is 13.7 Å². The summed E-state index contributed by atoms with van der Waals surface area (Å²) in [5.74, 6) is 0.920. The standard InChI is InChI=1S/C17H21N3O/c1-21-15-6-4-5-14(11-15)12-20-10-3-2-7-17(20)16-8-9-18-13-19-16/h4-6,8-9,11,13,17H,2-3,7,10,12H2,1H3. The molecular weight excluding hydrogens is 262 g/mol. The molecule has 4 nitrogen and oxygen atoms in total. The first-order valence-corrected chi connectivity index (χ1v) is 7.50. The minimum Gasteiger partial charge on any atom is -0.497 e. The SMILES string of the molecule is COc1cccc(CN2CCCCC2c2ccncn2)c1. The van der Waals surface area contributed by atoms with Crippen LogP contribution >= 0.6 is 0 Å². The monoisotopic (exact) mass is 283 g/mol. The molecule has 110 valence electrons. The fourth-order valence-electron chi connectivity index (χ4n) is 3.02. The number of rotatable bonds is 4. The van der Waals surface area contributed by atoms with Gasteiger partial charge in [0.1, 0.15) is 12.1 Å². The fraction of sp³-hybridized carbons (Fsp3) is 0.412. The van der Waals surface area contributed by atoms with Crippen molar-refractivity contribution in [1.82, 2.24) is 14.9 Å². The number of piperidine rings is 1. The molecule has 21 heavy (non-hydrogen) atoms. The van der Waals surface area contributed by atoms with Crippen LogP contribution in [0.2, 0.25) is 0 Å². The number of benzene rings is 1. The highest BCUT2D eigenvalue weighted by Crippen LogP contribution is 2.31. The van der Waals surface area contributed by atoms with Gasteiger partial charge < -0.3 is 4.74 Å². The van der Waals surface area contributed by atoms with Crippen molar-refractivity contribution in [2.24, 2.45) is 0 Å². The van der Waals surface area contributed by atoms with E-state index in [0.29, 0.717) is 6.04 Å². The maximum atomic E-state index is 5.32. The average Bonchev–Trinajstić information content (AvgIpc) is 2.56. The van der Waals surface area contributed by atoms with Crippen molar-refractivity contribution >= 4 is 0 Å². The van der Waals surface area contributed by atoms with Crippen molar-refractivity contribution in [3.63, 3.8) is 0 Å². The van der Waals surface area contributed by atoms with Crippen LogP contribution in [0.25, 0.3) is 0 Å². The molecule has 0 saturated carbocycles. The molecule has 0 spiro atoms. The van der Waals surface area contributed by atoms with Crippen molar-refractivity contribution in [1.29, 1.82) is 0 Å². The Kier molecular flexibility index (Phi) is 4.46. The minimum atomic E-state index is 0.396. The van der Waals surface area contributed by atoms with E-state index in [-0.39, 0.29) is 0 Å². The van der Waals surface area contributed by atoms with E-state index >= 15 is 0 Å². The van der Waals surface area contributed by atoms with E-state index in [1.165, 1.54) is 24.8 Å². The Labute approximate surface area is 125 Å². The van der Waals surface area contributed by atoms with Crippen LogP contribution in [-0.4, -0.2) is 28.5 Å². The summed E-state index contributed by atoms with van der Waals surface area (Å²) in [5.41, 5.74) is 2.42. The number of methoxy groups -OCH3 is 1. The van der Waals surface area contributed by atoms with Gasteiger partial charge in [-0.3, -0.25) is 4.90 Å². The number of likely N-dealkylation sites (tertiary alicyclic amines) is 1. The second kappa shape index (κ2) is 6.68. The predicted octanol–water partition coefficient (Wildman–Crippen LogP) is 3.21. The summed E-state index contributed by atoms with van der Waals surface area (Å²) in [7, 11) is 1.71. The van der Waals surface area contributed by atoms with Crippen LogP contribution in [0.5, 0.6) is 5.75 Å². The van der Waals surface area contributed by atoms with Crippen LogP contribution in [0.15, 0.2) is 42.9 Å². The Bertz CT molecular complexity index is 573. The molecule has 1 aromatic carbocycles. The molecule has 0 amide bonds. The second-order valence-electron chi connectivity index (χ2n) is 5.47. The van der Waals surface area contributed by atoms with Gasteiger partial charge in [0.15, 0.2) is 0 Å². The molecule has 0 bridgehead atoms. The Morgan fingerprint density at radius 3 is 3.05 bits per heavy atom. The lowest BCUT2D eigenvalue weighted by Gasteiger charge is -2.35. The van der Waals surface area contributed by atoms with E-state index in [0.717, 1.165) is 24.5 Å². The van der Waals surface area contributed by atoms with Crippen molar-refractivity contribution < 1.29 is 4.74 Å². The Morgan fingerprint density at radius 2 is 2.24 bits per heavy atom. The van der Waals surface area contributed by atoms with E-state index in [4.69, 9.17) is 4.74 Å². The lowest BCUT2D eigenvalue weighted by atomic mass is 9.98. The number of aromatic nitrogens is 2. The molecule has 2 heterocycles. The second-order valence-corrected chi connectivity index (χ2v) is 5.47. The highest BCUT2D eigenvalue weighted by atomic mass is 16.5. The van der Waals surface area contributed by atoms with Gasteiger partial charge in [0, 0.05) is 12.7 Å². The first-order valence-electron chi connectivity index (χ1n) is 7.50. The smallest absolute Gasteiger partial charge is 0.119 e. The molecule has 1 atom stereocenters. The summed E-state index contributed by atoms with van der Waals surface area (Å²) < 4.78 is 5.32. The number of hydrogen-bond donors (Lipinski definition) is 0. The molecule has 0 radical (unpaired) electrons. The Morgan fingerprint density at radius 1 is 1.29 bits per heavy atom. The third-order valence-corrected chi connectivity index (χ3v) is 4.08. The molecule has 1 fully saturated rings. The van der Waals surface area contributed by atoms with Crippen LogP contribution in [-0.2, 0) is 6.54 Å². The van der Waals surface area contributed by atoms with Crippen LogP contribution in [0, 0.1) is 0 Å². The summed E-state index contributed by atoms with van der Waals surface area (Å²) in [6.07, 6.45) is 7.17. The van der Waals surface area contributed by atoms with Crippen molar-refractivity contribution in [3.05, 3.63) is 54.1 Å². The Hall–Kier alpha value is -1.94. The van der Waals surface area contributed by atoms with E-state index in [1.807, 2.05) is 18.3 Å². The van der Waals surface area contributed by atoms with Crippen LogP contribution in [0.1, 0.15) is 36.6 Å². The van der Waals surface area contributed by atoms with Gasteiger partial charge in [-0.15, -0.1) is 0 Å². The summed E-state index contributed by atoms with van der Waals surface area (Å²) >= 11 is 0. The fourth-order valence-corrected chi connectivity index (χ4v) is 3.02. The van der Waals surface area contributed by atoms with Crippen molar-refractivity contribution in [3.8, 4) is 5.75 Å². The van der Waals surface area contributed by atoms with Crippen LogP contribution in [0.3, 0.4) is 0 Å². The third-order valence-electron chi connectivity index (χ3n) is 4.08. The normalized spacial score (nSPS) is 19.4. The molecule has 1 aromatic heterocycles. The highest BCUT2D eigenvalue weighted by Gasteiger charge is 2.24. The third kappa shape index (κ3) is 3.39. The molecular formula is C17H21N3O. The zero-order valence-electron chi connectivity index (χ0n) is 12.4. The summed E-state index contributed by atoms with van der Waals surface area (Å²) in [6, 6.07) is 10.8. The molecule has 0 aliphatic carbocycles. The van der Waals surface area contributed by atoms with E-state index in [2.05, 4.69) is 33.1 Å². The number of nitrogens with zero attached hydrogens (tertiary/aromatic N) is 3. The minimum absolute atomic E-state index is 0.396. The van der Waals surface area contributed by atoms with Gasteiger partial charge >= 0.3 is 0 Å². The summed E-state index contributed by atoms with van der Waals surface area (Å²) in [6.45, 7) is 2.05. The Balaban J connectivity index is 1.78. The zero-order valence-corrected chi connectivity index (χ0v) is 12.4. The van der Waals surface area contributed by atoms with Crippen LogP contribution < -0.4 is 4.74 Å². The first kappa shape index (κ1) is 14.0. The molecule has 3 rings (SSSR count). The molecule has 1 aliphatic heterocycles. The van der Waals surface area contributed by atoms with Gasteiger partial charge in [0.2, 0.25) is 0 Å². The molecule has 1 unspecified atom stereocenters. The lowest BCUT2D eigenvalue weighted by Crippen LogP contribution is -2.33. The first-order chi connectivity index (χ1) is 10.4. The quantitative estimate of drug-likeness (QED) is 0.863. The van der Waals surface area contributed by atoms with E-state index in [1.54, 1.807) is 13.4 Å². The van der Waals surface area contributed by atoms with Gasteiger partial charge in [-0.1, -0.05) is 18.6 Å². The van der Waals surface area contributed by atoms with E-state index in [9.17, 15) is 0 Å². The van der Waals surface area contributed by atoms with Gasteiger partial charge in [-0.2, -0.15) is 0 Å². The molecule has 0 N–H and O–H groups in total. The molecule has 1 saturated heterocycles. The van der Waals surface area contributed by atoms with Gasteiger partial charge in [0.25, 0.3) is 0 Å². The van der Waals surface area contributed by atoms with Crippen LogP contribution in [0.4, 0.5) is 0 Å². The highest BCUT2D eigenvalue weighted by molar-refractivity contribution is 5.28. The van der Waals surface area contributed by atoms with Gasteiger partial charge in [-0.05, 0) is 43.1 Å². The molecule has 1 aliphatic rings. The molecule has 4 heteroatoms. The zero-order chi connectivity index (χ0) is 14.5. The van der Waals surface area contributed by atoms with Crippen molar-refractivity contribution in [2.45, 2.75) is 31.8 Å². The maximum absolute atomic E-state index is 5.32. The van der Waals surface area contributed by atoms with Gasteiger partial charge in [-0.25, -0.2) is 9.97 Å². The number of ether oxygens (including phenoxy) is 1. The largest absolute Gasteiger partial charge is 0.497 e. The number of hydrogen-bond acceptors (Lipinski definition) is 4. The van der Waals surface area contributed by atoms with E-state index < -0.39 is 0 Å². The summed E-state index contributed by atoms with van der Waals surface area (Å²) in [4.78, 5) is 11.0. The summed E-state index contributed by atoms with van der Waals surface area (Å²) in [5, 5.41) is 0. The maximum Gasteiger partial charge on any atom is 0.119 e. The lowest BCUT2D eigenvalue weighted by molar-refractivity contribution is 0.137. The predicted molar refractivity (Wildman–Crippen MR) is 82.0 cm³/mol. The van der Waals surface area contributed by atoms with Gasteiger partial charge in [0.05, 0.1) is 18.8 Å². The average molecular weight is 283 g/mol. The topological polar surface area (TPSA) is 38.2 Å².